The molecule has 0 radical (unpaired) electrons. The van der Waals surface area contributed by atoms with Crippen molar-refractivity contribution < 1.29 is 14.4 Å². The van der Waals surface area contributed by atoms with Crippen molar-refractivity contribution in [3.05, 3.63) is 5.01 Å². The summed E-state index contributed by atoms with van der Waals surface area (Å²) < 4.78 is 0. The molecular formula is C8H9N5O3S. The van der Waals surface area contributed by atoms with E-state index >= 15 is 0 Å². The number of amides is 4. The number of nitrogens with zero attached hydrogens (tertiary/aromatic N) is 4. The van der Waals surface area contributed by atoms with Crippen LogP contribution in [0.25, 0.3) is 0 Å². The molecule has 2 rings (SSSR count). The molecule has 1 aromatic heterocycles. The first-order chi connectivity index (χ1) is 8.04. The number of aromatic nitrogens is 2. The molecular weight excluding hydrogens is 246 g/mol. The van der Waals surface area contributed by atoms with Crippen LogP contribution in [0.5, 0.6) is 0 Å². The van der Waals surface area contributed by atoms with E-state index < -0.39 is 17.8 Å². The van der Waals surface area contributed by atoms with E-state index in [2.05, 4.69) is 15.5 Å². The molecule has 90 valence electrons. The third kappa shape index (κ3) is 1.84. The zero-order valence-corrected chi connectivity index (χ0v) is 9.95. The highest BCUT2D eigenvalue weighted by Gasteiger charge is 2.42. The summed E-state index contributed by atoms with van der Waals surface area (Å²) in [6.07, 6.45) is 0. The molecule has 0 atom stereocenters. The zero-order chi connectivity index (χ0) is 12.6. The van der Waals surface area contributed by atoms with Crippen LogP contribution >= 0.6 is 11.3 Å². The highest BCUT2D eigenvalue weighted by molar-refractivity contribution is 7.15. The lowest BCUT2D eigenvalue weighted by molar-refractivity contribution is -0.143. The van der Waals surface area contributed by atoms with Crippen molar-refractivity contribution in [2.45, 2.75) is 6.54 Å². The van der Waals surface area contributed by atoms with Crippen molar-refractivity contribution in [3.8, 4) is 0 Å². The average Bonchev–Trinajstić information content (AvgIpc) is 2.85. The molecule has 0 aromatic carbocycles. The summed E-state index contributed by atoms with van der Waals surface area (Å²) in [7, 11) is 2.95. The predicted molar refractivity (Wildman–Crippen MR) is 58.2 cm³/mol. The van der Waals surface area contributed by atoms with Gasteiger partial charge in [-0.25, -0.2) is 9.69 Å². The smallest absolute Gasteiger partial charge is 0.334 e. The van der Waals surface area contributed by atoms with Gasteiger partial charge in [0, 0.05) is 14.1 Å². The molecule has 2 heterocycles. The van der Waals surface area contributed by atoms with Crippen molar-refractivity contribution in [2.75, 3.05) is 19.4 Å². The largest absolute Gasteiger partial charge is 0.363 e. The number of anilines is 1. The van der Waals surface area contributed by atoms with E-state index in [1.54, 1.807) is 7.05 Å². The van der Waals surface area contributed by atoms with Gasteiger partial charge in [0.2, 0.25) is 5.13 Å². The van der Waals surface area contributed by atoms with Gasteiger partial charge in [0.05, 0.1) is 6.54 Å². The molecule has 1 aliphatic heterocycles. The molecule has 8 nitrogen and oxygen atoms in total. The predicted octanol–water partition coefficient (Wildman–Crippen LogP) is -0.500. The second kappa shape index (κ2) is 4.09. The second-order valence-corrected chi connectivity index (χ2v) is 4.35. The van der Waals surface area contributed by atoms with Crippen molar-refractivity contribution in [1.29, 1.82) is 0 Å². The van der Waals surface area contributed by atoms with Crippen LogP contribution in [0, 0.1) is 0 Å². The summed E-state index contributed by atoms with van der Waals surface area (Å²) in [5, 5.41) is 11.4. The van der Waals surface area contributed by atoms with Crippen LogP contribution < -0.4 is 5.32 Å². The lowest BCUT2D eigenvalue weighted by Crippen LogP contribution is -2.30. The Morgan fingerprint density at radius 3 is 2.41 bits per heavy atom. The molecule has 1 N–H and O–H groups in total. The summed E-state index contributed by atoms with van der Waals surface area (Å²) in [4.78, 5) is 35.9. The molecule has 17 heavy (non-hydrogen) atoms. The fourth-order valence-corrected chi connectivity index (χ4v) is 1.99. The lowest BCUT2D eigenvalue weighted by Gasteiger charge is -2.09. The van der Waals surface area contributed by atoms with E-state index in [9.17, 15) is 14.4 Å². The molecule has 0 spiro atoms. The maximum absolute atomic E-state index is 11.6. The minimum absolute atomic E-state index is 0.0346. The number of urea groups is 1. The number of carbonyl (C=O) groups excluding carboxylic acids is 3. The Balaban J connectivity index is 2.16. The third-order valence-corrected chi connectivity index (χ3v) is 3.15. The molecule has 0 unspecified atom stereocenters. The van der Waals surface area contributed by atoms with Gasteiger partial charge in [-0.2, -0.15) is 0 Å². The quantitative estimate of drug-likeness (QED) is 0.578. The highest BCUT2D eigenvalue weighted by atomic mass is 32.1. The highest BCUT2D eigenvalue weighted by Crippen LogP contribution is 2.19. The number of rotatable bonds is 3. The van der Waals surface area contributed by atoms with E-state index in [4.69, 9.17) is 0 Å². The molecule has 1 aliphatic rings. The Morgan fingerprint density at radius 2 is 1.94 bits per heavy atom. The van der Waals surface area contributed by atoms with Gasteiger partial charge in [0.25, 0.3) is 0 Å². The average molecular weight is 255 g/mol. The number of imide groups is 2. The molecule has 9 heteroatoms. The SMILES string of the molecule is CNc1nnc(CN2C(=O)C(=O)N(C)C2=O)s1. The standard InChI is InChI=1S/C8H9N5O3S/c1-9-7-11-10-4(17-7)3-13-6(15)5(14)12(2)8(13)16/h3H2,1-2H3,(H,9,11). The van der Waals surface area contributed by atoms with Crippen LogP contribution in [0.1, 0.15) is 5.01 Å². The Kier molecular flexibility index (Phi) is 2.76. The zero-order valence-electron chi connectivity index (χ0n) is 9.13. The normalized spacial score (nSPS) is 16.0. The maximum Gasteiger partial charge on any atom is 0.334 e. The summed E-state index contributed by atoms with van der Waals surface area (Å²) >= 11 is 1.22. The Morgan fingerprint density at radius 1 is 1.24 bits per heavy atom. The van der Waals surface area contributed by atoms with Crippen LogP contribution in [-0.2, 0) is 16.1 Å². The van der Waals surface area contributed by atoms with Crippen molar-refractivity contribution >= 4 is 34.3 Å². The lowest BCUT2D eigenvalue weighted by atomic mass is 10.5. The van der Waals surface area contributed by atoms with Crippen molar-refractivity contribution in [1.82, 2.24) is 20.0 Å². The molecule has 1 fully saturated rings. The van der Waals surface area contributed by atoms with Crippen LogP contribution in [0.4, 0.5) is 9.93 Å². The minimum atomic E-state index is -0.835. The Hall–Kier alpha value is -2.03. The van der Waals surface area contributed by atoms with Gasteiger partial charge in [0.1, 0.15) is 5.01 Å². The molecule has 1 aromatic rings. The second-order valence-electron chi connectivity index (χ2n) is 3.29. The molecule has 0 bridgehead atoms. The van der Waals surface area contributed by atoms with Crippen LogP contribution in [-0.4, -0.2) is 51.9 Å². The summed E-state index contributed by atoms with van der Waals surface area (Å²) in [5.41, 5.74) is 0. The van der Waals surface area contributed by atoms with Gasteiger partial charge in [-0.05, 0) is 0 Å². The molecule has 0 saturated carbocycles. The van der Waals surface area contributed by atoms with E-state index in [0.717, 1.165) is 9.80 Å². The first-order valence-corrected chi connectivity index (χ1v) is 5.50. The molecule has 0 aliphatic carbocycles. The van der Waals surface area contributed by atoms with E-state index in [0.29, 0.717) is 10.1 Å². The maximum atomic E-state index is 11.6. The number of carbonyl (C=O) groups is 3. The van der Waals surface area contributed by atoms with Gasteiger partial charge < -0.3 is 5.32 Å². The molecule has 4 amide bonds. The Bertz CT molecular complexity index is 499. The van der Waals surface area contributed by atoms with E-state index in [1.807, 2.05) is 0 Å². The van der Waals surface area contributed by atoms with Gasteiger partial charge in [0.15, 0.2) is 0 Å². The van der Waals surface area contributed by atoms with E-state index in [1.165, 1.54) is 18.4 Å². The van der Waals surface area contributed by atoms with E-state index in [-0.39, 0.29) is 6.54 Å². The number of likely N-dealkylation sites (N-methyl/N-ethyl adjacent to an activating group) is 1. The first-order valence-electron chi connectivity index (χ1n) is 4.68. The summed E-state index contributed by atoms with van der Waals surface area (Å²) in [6.45, 7) is -0.0346. The number of hydrogen-bond acceptors (Lipinski definition) is 7. The first kappa shape index (κ1) is 11.5. The van der Waals surface area contributed by atoms with Gasteiger partial charge >= 0.3 is 17.8 Å². The minimum Gasteiger partial charge on any atom is -0.363 e. The fourth-order valence-electron chi connectivity index (χ4n) is 1.31. The topological polar surface area (TPSA) is 95.5 Å². The van der Waals surface area contributed by atoms with Crippen LogP contribution in [0.2, 0.25) is 0 Å². The third-order valence-electron chi connectivity index (χ3n) is 2.22. The summed E-state index contributed by atoms with van der Waals surface area (Å²) in [5.74, 6) is -1.66. The summed E-state index contributed by atoms with van der Waals surface area (Å²) in [6, 6.07) is -0.638. The molecule has 1 saturated heterocycles. The van der Waals surface area contributed by atoms with Crippen LogP contribution in [0.3, 0.4) is 0 Å². The van der Waals surface area contributed by atoms with Gasteiger partial charge in [-0.3, -0.25) is 14.5 Å². The van der Waals surface area contributed by atoms with Crippen LogP contribution in [0.15, 0.2) is 0 Å². The van der Waals surface area contributed by atoms with Gasteiger partial charge in [-0.1, -0.05) is 11.3 Å². The number of nitrogens with one attached hydrogen (secondary N) is 1. The van der Waals surface area contributed by atoms with Crippen molar-refractivity contribution in [2.24, 2.45) is 0 Å². The Labute approximate surface area is 100 Å². The van der Waals surface area contributed by atoms with Gasteiger partial charge in [-0.15, -0.1) is 10.2 Å². The monoisotopic (exact) mass is 255 g/mol. The number of hydrogen-bond donors (Lipinski definition) is 1. The fraction of sp³-hybridized carbons (Fsp3) is 0.375. The van der Waals surface area contributed by atoms with Crippen molar-refractivity contribution in [3.63, 3.8) is 0 Å².